The van der Waals surface area contributed by atoms with Crippen molar-refractivity contribution in [2.75, 3.05) is 11.3 Å². The Labute approximate surface area is 156 Å². The van der Waals surface area contributed by atoms with Crippen LogP contribution in [0.25, 0.3) is 0 Å². The molecule has 0 atom stereocenters. The van der Waals surface area contributed by atoms with Gasteiger partial charge < -0.3 is 15.8 Å². The number of anilines is 1. The van der Waals surface area contributed by atoms with E-state index in [1.807, 2.05) is 6.92 Å². The van der Waals surface area contributed by atoms with Gasteiger partial charge in [0.05, 0.1) is 16.8 Å². The number of thioether (sulfide) groups is 1. The van der Waals surface area contributed by atoms with Crippen molar-refractivity contribution in [2.45, 2.75) is 24.7 Å². The first-order valence-corrected chi connectivity index (χ1v) is 9.09. The Morgan fingerprint density at radius 3 is 2.38 bits per heavy atom. The van der Waals surface area contributed by atoms with Crippen LogP contribution in [0.4, 0.5) is 5.69 Å². The minimum absolute atomic E-state index is 0.126. The molecule has 0 aromatic heterocycles. The maximum atomic E-state index is 12.6. The number of esters is 1. The maximum absolute atomic E-state index is 12.6. The molecular formula is C19H20N2O4S. The number of carbonyl (C=O) groups is 3. The molecule has 136 valence electrons. The third kappa shape index (κ3) is 5.35. The summed E-state index contributed by atoms with van der Waals surface area (Å²) in [5.41, 5.74) is 6.34. The molecule has 0 bridgehead atoms. The highest BCUT2D eigenvalue weighted by Gasteiger charge is 2.15. The first kappa shape index (κ1) is 19.5. The molecule has 3 N–H and O–H groups in total. The Morgan fingerprint density at radius 2 is 1.69 bits per heavy atom. The average molecular weight is 372 g/mol. The van der Waals surface area contributed by atoms with Crippen LogP contribution in [0, 0.1) is 0 Å². The van der Waals surface area contributed by atoms with E-state index < -0.39 is 5.91 Å². The second kappa shape index (κ2) is 9.62. The van der Waals surface area contributed by atoms with Gasteiger partial charge in [-0.3, -0.25) is 14.4 Å². The number of ether oxygens (including phenoxy) is 1. The number of benzene rings is 2. The van der Waals surface area contributed by atoms with Crippen LogP contribution < -0.4 is 11.1 Å². The lowest BCUT2D eigenvalue weighted by atomic mass is 10.1. The summed E-state index contributed by atoms with van der Waals surface area (Å²) in [7, 11) is 0. The number of primary amides is 1. The zero-order valence-corrected chi connectivity index (χ0v) is 15.2. The van der Waals surface area contributed by atoms with Gasteiger partial charge in [0, 0.05) is 11.3 Å². The van der Waals surface area contributed by atoms with E-state index in [-0.39, 0.29) is 23.4 Å². The van der Waals surface area contributed by atoms with E-state index >= 15 is 0 Å². The zero-order valence-electron chi connectivity index (χ0n) is 14.4. The molecule has 2 aromatic rings. The highest BCUT2D eigenvalue weighted by atomic mass is 32.2. The normalized spacial score (nSPS) is 10.2. The maximum Gasteiger partial charge on any atom is 0.306 e. The number of rotatable bonds is 8. The number of nitrogens with two attached hydrogens (primary N) is 1. The zero-order chi connectivity index (χ0) is 18.9. The first-order valence-electron chi connectivity index (χ1n) is 8.10. The summed E-state index contributed by atoms with van der Waals surface area (Å²) in [6.07, 6.45) is 1.09. The summed E-state index contributed by atoms with van der Waals surface area (Å²) in [5.74, 6) is -1.13. The van der Waals surface area contributed by atoms with Gasteiger partial charge in [0.25, 0.3) is 11.8 Å². The van der Waals surface area contributed by atoms with Crippen molar-refractivity contribution in [1.82, 2.24) is 0 Å². The standard InChI is InChI=1S/C19H20N2O4S/c1-2-7-17(22)25-12-26-16-11-6-4-9-14(16)19(24)21-15-10-5-3-8-13(15)18(20)23/h3-6,8-11H,2,7,12H2,1H3,(H2,20,23)(H,21,24). The summed E-state index contributed by atoms with van der Waals surface area (Å²) >= 11 is 1.26. The fourth-order valence-electron chi connectivity index (χ4n) is 2.21. The van der Waals surface area contributed by atoms with Gasteiger partial charge in [0.1, 0.15) is 5.94 Å². The fourth-order valence-corrected chi connectivity index (χ4v) is 3.02. The molecule has 0 fully saturated rings. The van der Waals surface area contributed by atoms with Gasteiger partial charge in [-0.1, -0.05) is 43.0 Å². The van der Waals surface area contributed by atoms with Crippen molar-refractivity contribution in [3.8, 4) is 0 Å². The van der Waals surface area contributed by atoms with Crippen LogP contribution in [0.1, 0.15) is 40.5 Å². The van der Waals surface area contributed by atoms with Crippen molar-refractivity contribution >= 4 is 35.2 Å². The minimum Gasteiger partial charge on any atom is -0.454 e. The summed E-state index contributed by atoms with van der Waals surface area (Å²) in [5, 5.41) is 2.71. The average Bonchev–Trinajstić information content (AvgIpc) is 2.62. The molecule has 0 heterocycles. The van der Waals surface area contributed by atoms with E-state index in [2.05, 4.69) is 5.32 Å². The summed E-state index contributed by atoms with van der Waals surface area (Å²) in [4.78, 5) is 36.2. The van der Waals surface area contributed by atoms with Gasteiger partial charge in [-0.05, 0) is 30.7 Å². The molecule has 0 aliphatic carbocycles. The van der Waals surface area contributed by atoms with Crippen LogP contribution in [0.15, 0.2) is 53.4 Å². The Bertz CT molecular complexity index is 808. The Kier molecular flexibility index (Phi) is 7.23. The molecule has 0 radical (unpaired) electrons. The van der Waals surface area contributed by atoms with Gasteiger partial charge in [0.15, 0.2) is 0 Å². The van der Waals surface area contributed by atoms with Gasteiger partial charge >= 0.3 is 5.97 Å². The van der Waals surface area contributed by atoms with Crippen molar-refractivity contribution in [3.05, 3.63) is 59.7 Å². The molecule has 0 saturated heterocycles. The lowest BCUT2D eigenvalue weighted by molar-refractivity contribution is -0.141. The monoisotopic (exact) mass is 372 g/mol. The van der Waals surface area contributed by atoms with Crippen LogP contribution in [0.2, 0.25) is 0 Å². The third-order valence-electron chi connectivity index (χ3n) is 3.46. The van der Waals surface area contributed by atoms with Crippen molar-refractivity contribution in [1.29, 1.82) is 0 Å². The van der Waals surface area contributed by atoms with Gasteiger partial charge in [-0.25, -0.2) is 0 Å². The largest absolute Gasteiger partial charge is 0.454 e. The number of carbonyl (C=O) groups excluding carboxylic acids is 3. The molecule has 0 unspecified atom stereocenters. The Balaban J connectivity index is 2.10. The van der Waals surface area contributed by atoms with E-state index in [1.165, 1.54) is 11.8 Å². The number of amides is 2. The topological polar surface area (TPSA) is 98.5 Å². The number of nitrogens with one attached hydrogen (secondary N) is 1. The minimum atomic E-state index is -0.619. The molecular weight excluding hydrogens is 352 g/mol. The SMILES string of the molecule is CCCC(=O)OCSc1ccccc1C(=O)Nc1ccccc1C(N)=O. The fraction of sp³-hybridized carbons (Fsp3) is 0.211. The first-order chi connectivity index (χ1) is 12.5. The third-order valence-corrected chi connectivity index (χ3v) is 4.36. The van der Waals surface area contributed by atoms with Crippen LogP contribution in [0.5, 0.6) is 0 Å². The summed E-state index contributed by atoms with van der Waals surface area (Å²) in [6.45, 7) is 1.90. The van der Waals surface area contributed by atoms with Crippen LogP contribution in [-0.4, -0.2) is 23.7 Å². The molecule has 0 spiro atoms. The van der Waals surface area contributed by atoms with Crippen molar-refractivity contribution in [2.24, 2.45) is 5.73 Å². The van der Waals surface area contributed by atoms with E-state index in [1.54, 1.807) is 48.5 Å². The number of para-hydroxylation sites is 1. The molecule has 0 saturated carbocycles. The quantitative estimate of drug-likeness (QED) is 0.420. The van der Waals surface area contributed by atoms with Crippen LogP contribution in [0.3, 0.4) is 0 Å². The van der Waals surface area contributed by atoms with E-state index in [0.29, 0.717) is 22.6 Å². The molecule has 0 aliphatic rings. The molecule has 2 aromatic carbocycles. The smallest absolute Gasteiger partial charge is 0.306 e. The van der Waals surface area contributed by atoms with Crippen molar-refractivity contribution in [3.63, 3.8) is 0 Å². The van der Waals surface area contributed by atoms with E-state index in [4.69, 9.17) is 10.5 Å². The Morgan fingerprint density at radius 1 is 1.04 bits per heavy atom. The molecule has 2 rings (SSSR count). The molecule has 0 aliphatic heterocycles. The second-order valence-electron chi connectivity index (χ2n) is 5.39. The molecule has 7 heteroatoms. The predicted octanol–water partition coefficient (Wildman–Crippen LogP) is 3.43. The van der Waals surface area contributed by atoms with Gasteiger partial charge in [-0.15, -0.1) is 0 Å². The highest BCUT2D eigenvalue weighted by molar-refractivity contribution is 7.99. The van der Waals surface area contributed by atoms with Crippen LogP contribution in [-0.2, 0) is 9.53 Å². The lowest BCUT2D eigenvalue weighted by Crippen LogP contribution is -2.18. The lowest BCUT2D eigenvalue weighted by Gasteiger charge is -2.12. The molecule has 2 amide bonds. The number of hydrogen-bond acceptors (Lipinski definition) is 5. The number of hydrogen-bond donors (Lipinski definition) is 2. The highest BCUT2D eigenvalue weighted by Crippen LogP contribution is 2.24. The van der Waals surface area contributed by atoms with Crippen LogP contribution >= 0.6 is 11.8 Å². The summed E-state index contributed by atoms with van der Waals surface area (Å²) in [6, 6.07) is 13.5. The van der Waals surface area contributed by atoms with Gasteiger partial charge in [0.2, 0.25) is 0 Å². The van der Waals surface area contributed by atoms with Crippen molar-refractivity contribution < 1.29 is 19.1 Å². The van der Waals surface area contributed by atoms with Gasteiger partial charge in [-0.2, -0.15) is 0 Å². The second-order valence-corrected chi connectivity index (χ2v) is 6.35. The summed E-state index contributed by atoms with van der Waals surface area (Å²) < 4.78 is 5.12. The van der Waals surface area contributed by atoms with E-state index in [0.717, 1.165) is 6.42 Å². The Hall–Kier alpha value is -2.80. The molecule has 26 heavy (non-hydrogen) atoms. The van der Waals surface area contributed by atoms with E-state index in [9.17, 15) is 14.4 Å². The predicted molar refractivity (Wildman–Crippen MR) is 101 cm³/mol. The molecule has 6 nitrogen and oxygen atoms in total.